The van der Waals surface area contributed by atoms with Crippen molar-refractivity contribution in [3.63, 3.8) is 0 Å². The van der Waals surface area contributed by atoms with Crippen LogP contribution in [-0.2, 0) is 16.6 Å². The van der Waals surface area contributed by atoms with Crippen LogP contribution in [0.1, 0.15) is 22.9 Å². The van der Waals surface area contributed by atoms with E-state index in [1.165, 1.54) is 4.31 Å². The van der Waals surface area contributed by atoms with Crippen LogP contribution in [0.4, 0.5) is 5.69 Å². The second-order valence-electron chi connectivity index (χ2n) is 4.99. The number of rotatable bonds is 5. The van der Waals surface area contributed by atoms with Crippen LogP contribution >= 0.6 is 11.3 Å². The van der Waals surface area contributed by atoms with E-state index in [4.69, 9.17) is 5.73 Å². The summed E-state index contributed by atoms with van der Waals surface area (Å²) < 4.78 is 27.4. The predicted molar refractivity (Wildman–Crippen MR) is 87.9 cm³/mol. The number of aryl methyl sites for hydroxylation is 2. The molecule has 6 heteroatoms. The largest absolute Gasteiger partial charge is 0.399 e. The fourth-order valence-corrected chi connectivity index (χ4v) is 5.10. The normalized spacial score (nSPS) is 12.0. The van der Waals surface area contributed by atoms with E-state index in [1.807, 2.05) is 24.4 Å². The molecule has 0 saturated carbocycles. The summed E-state index contributed by atoms with van der Waals surface area (Å²) in [4.78, 5) is 1.40. The molecule has 1 heterocycles. The number of nitrogen functional groups attached to an aromatic ring is 1. The van der Waals surface area contributed by atoms with Gasteiger partial charge in [-0.05, 0) is 48.6 Å². The number of sulfonamides is 1. The van der Waals surface area contributed by atoms with Crippen LogP contribution in [0, 0.1) is 13.8 Å². The molecule has 0 bridgehead atoms. The SMILES string of the molecule is CCN(Cc1cccs1)S(=O)(=O)c1c(C)cc(N)cc1C. The Labute approximate surface area is 130 Å². The molecule has 0 aliphatic rings. The van der Waals surface area contributed by atoms with Crippen molar-refractivity contribution < 1.29 is 8.42 Å². The van der Waals surface area contributed by atoms with Crippen molar-refractivity contribution in [3.8, 4) is 0 Å². The summed E-state index contributed by atoms with van der Waals surface area (Å²) in [6.45, 7) is 6.26. The lowest BCUT2D eigenvalue weighted by molar-refractivity contribution is 0.425. The standard InChI is InChI=1S/C15H20N2O2S2/c1-4-17(10-14-6-5-7-20-14)21(18,19)15-11(2)8-13(16)9-12(15)3/h5-9H,4,10,16H2,1-3H3. The van der Waals surface area contributed by atoms with Gasteiger partial charge in [0.2, 0.25) is 10.0 Å². The van der Waals surface area contributed by atoms with Gasteiger partial charge in [0.25, 0.3) is 0 Å². The third kappa shape index (κ3) is 3.28. The molecule has 0 radical (unpaired) electrons. The van der Waals surface area contributed by atoms with Crippen LogP contribution < -0.4 is 5.73 Å². The highest BCUT2D eigenvalue weighted by Crippen LogP contribution is 2.27. The quantitative estimate of drug-likeness (QED) is 0.859. The molecule has 2 N–H and O–H groups in total. The average Bonchev–Trinajstić information content (AvgIpc) is 2.86. The Bertz CT molecular complexity index is 699. The average molecular weight is 324 g/mol. The first kappa shape index (κ1) is 16.0. The maximum atomic E-state index is 12.9. The Morgan fingerprint density at radius 1 is 1.24 bits per heavy atom. The number of hydrogen-bond donors (Lipinski definition) is 1. The Kier molecular flexibility index (Phi) is 4.70. The highest BCUT2D eigenvalue weighted by Gasteiger charge is 2.27. The van der Waals surface area contributed by atoms with Crippen molar-refractivity contribution >= 4 is 27.0 Å². The van der Waals surface area contributed by atoms with Gasteiger partial charge >= 0.3 is 0 Å². The molecule has 21 heavy (non-hydrogen) atoms. The Balaban J connectivity index is 2.45. The third-order valence-electron chi connectivity index (χ3n) is 3.35. The molecule has 0 atom stereocenters. The minimum atomic E-state index is -3.52. The lowest BCUT2D eigenvalue weighted by Crippen LogP contribution is -2.31. The summed E-state index contributed by atoms with van der Waals surface area (Å²) in [7, 11) is -3.52. The molecule has 0 aliphatic carbocycles. The van der Waals surface area contributed by atoms with E-state index in [0.717, 1.165) is 4.88 Å². The van der Waals surface area contributed by atoms with Gasteiger partial charge in [-0.25, -0.2) is 8.42 Å². The van der Waals surface area contributed by atoms with Gasteiger partial charge in [0.05, 0.1) is 4.90 Å². The van der Waals surface area contributed by atoms with Crippen molar-refractivity contribution in [2.24, 2.45) is 0 Å². The zero-order chi connectivity index (χ0) is 15.6. The lowest BCUT2D eigenvalue weighted by Gasteiger charge is -2.22. The molecule has 0 fully saturated rings. The van der Waals surface area contributed by atoms with E-state index >= 15 is 0 Å². The summed E-state index contributed by atoms with van der Waals surface area (Å²) >= 11 is 1.56. The molecule has 0 aliphatic heterocycles. The second-order valence-corrected chi connectivity index (χ2v) is 7.90. The van der Waals surface area contributed by atoms with Crippen LogP contribution in [0.5, 0.6) is 0 Å². The first-order valence-electron chi connectivity index (χ1n) is 6.75. The van der Waals surface area contributed by atoms with Crippen molar-refractivity contribution in [2.75, 3.05) is 12.3 Å². The second kappa shape index (κ2) is 6.17. The highest BCUT2D eigenvalue weighted by molar-refractivity contribution is 7.89. The van der Waals surface area contributed by atoms with Gasteiger partial charge in [0.15, 0.2) is 0 Å². The molecule has 4 nitrogen and oxygen atoms in total. The molecule has 2 aromatic rings. The number of hydrogen-bond acceptors (Lipinski definition) is 4. The van der Waals surface area contributed by atoms with E-state index in [-0.39, 0.29) is 0 Å². The van der Waals surface area contributed by atoms with E-state index in [9.17, 15) is 8.42 Å². The van der Waals surface area contributed by atoms with Crippen molar-refractivity contribution in [1.82, 2.24) is 4.31 Å². The van der Waals surface area contributed by atoms with Gasteiger partial charge in [-0.2, -0.15) is 4.31 Å². The van der Waals surface area contributed by atoms with Gasteiger partial charge in [-0.3, -0.25) is 0 Å². The Hall–Kier alpha value is -1.37. The van der Waals surface area contributed by atoms with E-state index in [2.05, 4.69) is 0 Å². The zero-order valence-corrected chi connectivity index (χ0v) is 14.1. The molecule has 1 aromatic carbocycles. The fraction of sp³-hybridized carbons (Fsp3) is 0.333. The third-order valence-corrected chi connectivity index (χ3v) is 6.43. The maximum absolute atomic E-state index is 12.9. The predicted octanol–water partition coefficient (Wildman–Crippen LogP) is 3.16. The van der Waals surface area contributed by atoms with E-state index < -0.39 is 10.0 Å². The maximum Gasteiger partial charge on any atom is 0.243 e. The van der Waals surface area contributed by atoms with Crippen LogP contribution in [-0.4, -0.2) is 19.3 Å². The van der Waals surface area contributed by atoms with Crippen molar-refractivity contribution in [2.45, 2.75) is 32.2 Å². The summed E-state index contributed by atoms with van der Waals surface area (Å²) in [5, 5.41) is 1.95. The molecule has 0 saturated heterocycles. The zero-order valence-electron chi connectivity index (χ0n) is 12.5. The molecule has 114 valence electrons. The molecular formula is C15H20N2O2S2. The Morgan fingerprint density at radius 3 is 2.33 bits per heavy atom. The smallest absolute Gasteiger partial charge is 0.243 e. The van der Waals surface area contributed by atoms with Gasteiger partial charge < -0.3 is 5.73 Å². The minimum absolute atomic E-state index is 0.370. The van der Waals surface area contributed by atoms with Crippen molar-refractivity contribution in [1.29, 1.82) is 0 Å². The van der Waals surface area contributed by atoms with Crippen LogP contribution in [0.2, 0.25) is 0 Å². The number of thiophene rings is 1. The number of benzene rings is 1. The summed E-state index contributed by atoms with van der Waals surface area (Å²) in [5.74, 6) is 0. The van der Waals surface area contributed by atoms with Gasteiger partial charge in [-0.1, -0.05) is 13.0 Å². The molecule has 0 unspecified atom stereocenters. The molecule has 2 rings (SSSR count). The summed E-state index contributed by atoms with van der Waals surface area (Å²) in [5.41, 5.74) is 7.75. The highest BCUT2D eigenvalue weighted by atomic mass is 32.2. The topological polar surface area (TPSA) is 63.4 Å². The molecule has 0 spiro atoms. The monoisotopic (exact) mass is 324 g/mol. The van der Waals surface area contributed by atoms with E-state index in [1.54, 1.807) is 37.3 Å². The molecule has 0 amide bonds. The first-order valence-corrected chi connectivity index (χ1v) is 9.07. The number of nitrogens with two attached hydrogens (primary N) is 1. The first-order chi connectivity index (χ1) is 9.86. The van der Waals surface area contributed by atoms with Crippen molar-refractivity contribution in [3.05, 3.63) is 45.6 Å². The van der Waals surface area contributed by atoms with Gasteiger partial charge in [0, 0.05) is 23.7 Å². The molecule has 1 aromatic heterocycles. The fourth-order valence-electron chi connectivity index (χ4n) is 2.46. The number of anilines is 1. The molecular weight excluding hydrogens is 304 g/mol. The van der Waals surface area contributed by atoms with Crippen LogP contribution in [0.25, 0.3) is 0 Å². The van der Waals surface area contributed by atoms with Crippen LogP contribution in [0.3, 0.4) is 0 Å². The van der Waals surface area contributed by atoms with Gasteiger partial charge in [-0.15, -0.1) is 11.3 Å². The van der Waals surface area contributed by atoms with E-state index in [0.29, 0.717) is 34.8 Å². The minimum Gasteiger partial charge on any atom is -0.399 e. The number of nitrogens with zero attached hydrogens (tertiary/aromatic N) is 1. The summed E-state index contributed by atoms with van der Waals surface area (Å²) in [6.07, 6.45) is 0. The lowest BCUT2D eigenvalue weighted by atomic mass is 10.1. The van der Waals surface area contributed by atoms with Crippen LogP contribution in [0.15, 0.2) is 34.5 Å². The summed E-state index contributed by atoms with van der Waals surface area (Å²) in [6, 6.07) is 7.30. The Morgan fingerprint density at radius 2 is 1.86 bits per heavy atom. The van der Waals surface area contributed by atoms with Gasteiger partial charge in [0.1, 0.15) is 0 Å².